The zero-order chi connectivity index (χ0) is 26.9. The molecule has 1 aliphatic heterocycles. The predicted octanol–water partition coefficient (Wildman–Crippen LogP) is 3.89. The zero-order valence-electron chi connectivity index (χ0n) is 21.1. The first kappa shape index (κ1) is 24.2. The summed E-state index contributed by atoms with van der Waals surface area (Å²) >= 11 is 0. The van der Waals surface area contributed by atoms with E-state index in [-0.39, 0.29) is 11.6 Å². The Hall–Kier alpha value is -5.13. The second-order valence-electron chi connectivity index (χ2n) is 8.98. The highest BCUT2D eigenvalue weighted by atomic mass is 19.1. The molecule has 1 aromatic carbocycles. The molecule has 4 aromatic heterocycles. The second kappa shape index (κ2) is 9.97. The lowest BCUT2D eigenvalue weighted by molar-refractivity contribution is -0.126. The van der Waals surface area contributed by atoms with Crippen molar-refractivity contribution in [3.05, 3.63) is 79.3 Å². The monoisotopic (exact) mass is 525 g/mol. The van der Waals surface area contributed by atoms with Gasteiger partial charge in [-0.3, -0.25) is 4.79 Å². The third-order valence-corrected chi connectivity index (χ3v) is 6.63. The van der Waals surface area contributed by atoms with Crippen LogP contribution in [0.3, 0.4) is 0 Å². The number of rotatable bonds is 6. The molecule has 1 aliphatic rings. The van der Waals surface area contributed by atoms with Crippen molar-refractivity contribution in [2.75, 3.05) is 36.4 Å². The van der Waals surface area contributed by atoms with Crippen LogP contribution < -0.4 is 15.0 Å². The van der Waals surface area contributed by atoms with Crippen LogP contribution in [-0.2, 0) is 4.79 Å². The van der Waals surface area contributed by atoms with E-state index < -0.39 is 5.82 Å². The maximum atomic E-state index is 15.5. The van der Waals surface area contributed by atoms with Gasteiger partial charge in [0.1, 0.15) is 35.5 Å². The lowest BCUT2D eigenvalue weighted by Gasteiger charge is -2.35. The van der Waals surface area contributed by atoms with Crippen molar-refractivity contribution in [2.24, 2.45) is 0 Å². The number of nitrogens with one attached hydrogen (secondary N) is 1. The van der Waals surface area contributed by atoms with E-state index in [0.29, 0.717) is 65.7 Å². The van der Waals surface area contributed by atoms with Gasteiger partial charge < -0.3 is 19.9 Å². The van der Waals surface area contributed by atoms with E-state index in [9.17, 15) is 4.79 Å². The number of fused-ring (bicyclic) bond motifs is 2. The molecule has 1 amide bonds. The maximum absolute atomic E-state index is 15.5. The number of carbonyl (C=O) groups is 1. The topological polar surface area (TPSA) is 114 Å². The first-order valence-corrected chi connectivity index (χ1v) is 12.3. The Morgan fingerprint density at radius 2 is 1.92 bits per heavy atom. The number of hydrogen-bond donors (Lipinski definition) is 1. The number of aromatic nitrogens is 6. The molecule has 5 heterocycles. The number of piperazine rings is 1. The lowest BCUT2D eigenvalue weighted by atomic mass is 10.1. The molecular formula is C27H24FN9O2. The van der Waals surface area contributed by atoms with Crippen LogP contribution in [0, 0.1) is 12.7 Å². The molecule has 0 unspecified atom stereocenters. The third kappa shape index (κ3) is 4.67. The van der Waals surface area contributed by atoms with Crippen LogP contribution in [0.2, 0.25) is 0 Å². The molecule has 0 saturated carbocycles. The summed E-state index contributed by atoms with van der Waals surface area (Å²) in [5.74, 6) is 1.46. The molecule has 39 heavy (non-hydrogen) atoms. The molecule has 0 atom stereocenters. The van der Waals surface area contributed by atoms with Gasteiger partial charge in [0, 0.05) is 44.0 Å². The van der Waals surface area contributed by atoms with E-state index >= 15 is 4.39 Å². The quantitative estimate of drug-likeness (QED) is 0.330. The van der Waals surface area contributed by atoms with Crippen LogP contribution in [0.25, 0.3) is 16.7 Å². The summed E-state index contributed by atoms with van der Waals surface area (Å²) < 4.78 is 23.0. The van der Waals surface area contributed by atoms with Crippen molar-refractivity contribution in [3.8, 4) is 11.5 Å². The van der Waals surface area contributed by atoms with E-state index in [1.807, 2.05) is 12.1 Å². The molecule has 1 N–H and O–H groups in total. The smallest absolute Gasteiger partial charge is 0.246 e. The number of benzene rings is 1. The van der Waals surface area contributed by atoms with Crippen LogP contribution in [0.15, 0.2) is 67.9 Å². The van der Waals surface area contributed by atoms with Gasteiger partial charge >= 0.3 is 0 Å². The van der Waals surface area contributed by atoms with E-state index in [4.69, 9.17) is 9.72 Å². The molecule has 5 aromatic rings. The van der Waals surface area contributed by atoms with Gasteiger partial charge in [-0.05, 0) is 43.3 Å². The van der Waals surface area contributed by atoms with Crippen molar-refractivity contribution in [3.63, 3.8) is 0 Å². The van der Waals surface area contributed by atoms with Crippen molar-refractivity contribution < 1.29 is 13.9 Å². The van der Waals surface area contributed by atoms with Crippen LogP contribution in [0.5, 0.6) is 11.5 Å². The van der Waals surface area contributed by atoms with Crippen LogP contribution in [-0.4, -0.2) is 66.5 Å². The summed E-state index contributed by atoms with van der Waals surface area (Å²) in [7, 11) is 0. The van der Waals surface area contributed by atoms with Gasteiger partial charge in [-0.2, -0.15) is 5.10 Å². The highest BCUT2D eigenvalue weighted by Gasteiger charge is 2.21. The molecule has 0 bridgehead atoms. The summed E-state index contributed by atoms with van der Waals surface area (Å²) in [5.41, 5.74) is 2.33. The molecule has 11 nitrogen and oxygen atoms in total. The molecule has 12 heteroatoms. The Morgan fingerprint density at radius 1 is 1.08 bits per heavy atom. The number of halogens is 1. The molecule has 6 rings (SSSR count). The van der Waals surface area contributed by atoms with Crippen molar-refractivity contribution in [2.45, 2.75) is 6.92 Å². The highest BCUT2D eigenvalue weighted by Crippen LogP contribution is 2.33. The third-order valence-electron chi connectivity index (χ3n) is 6.63. The number of ether oxygens (including phenoxy) is 1. The Kier molecular flexibility index (Phi) is 6.19. The number of pyridine rings is 2. The number of hydrogen-bond acceptors (Lipinski definition) is 9. The van der Waals surface area contributed by atoms with Gasteiger partial charge in [0.2, 0.25) is 5.91 Å². The maximum Gasteiger partial charge on any atom is 0.246 e. The number of carbonyl (C=O) groups excluding carboxylic acids is 1. The highest BCUT2D eigenvalue weighted by molar-refractivity contribution is 5.89. The Balaban J connectivity index is 1.24. The standard InChI is InChI=1S/C27H24FN9O2/c1-3-24(38)36-12-10-35(11-13-36)22-7-5-20-26(34-22)27(31-15-29-20)33-19-4-6-21(17(2)25(19)28)39-18-8-9-37-23(14-18)30-16-32-37/h3-9,14-16H,1,10-13H2,2H3,(H,29,31,33). The summed E-state index contributed by atoms with van der Waals surface area (Å²) in [4.78, 5) is 33.3. The summed E-state index contributed by atoms with van der Waals surface area (Å²) in [6, 6.07) is 10.5. The summed E-state index contributed by atoms with van der Waals surface area (Å²) in [5, 5.41) is 7.14. The van der Waals surface area contributed by atoms with Crippen molar-refractivity contribution >= 4 is 39.9 Å². The average molecular weight is 526 g/mol. The number of amides is 1. The zero-order valence-corrected chi connectivity index (χ0v) is 21.1. The van der Waals surface area contributed by atoms with Gasteiger partial charge in [0.05, 0.1) is 11.2 Å². The normalized spacial score (nSPS) is 13.6. The largest absolute Gasteiger partial charge is 0.457 e. The fourth-order valence-corrected chi connectivity index (χ4v) is 4.47. The van der Waals surface area contributed by atoms with Gasteiger partial charge in [-0.25, -0.2) is 28.8 Å². The summed E-state index contributed by atoms with van der Waals surface area (Å²) in [6.07, 6.45) is 5.91. The molecule has 0 aliphatic carbocycles. The lowest BCUT2D eigenvalue weighted by Crippen LogP contribution is -2.48. The van der Waals surface area contributed by atoms with Crippen LogP contribution in [0.1, 0.15) is 5.56 Å². The molecule has 0 spiro atoms. The van der Waals surface area contributed by atoms with E-state index in [0.717, 1.165) is 5.82 Å². The van der Waals surface area contributed by atoms with E-state index in [1.54, 1.807) is 46.8 Å². The fourth-order valence-electron chi connectivity index (χ4n) is 4.47. The first-order chi connectivity index (χ1) is 19.0. The molecule has 0 radical (unpaired) electrons. The van der Waals surface area contributed by atoms with Crippen LogP contribution in [0.4, 0.5) is 21.7 Å². The number of anilines is 3. The minimum absolute atomic E-state index is 0.0777. The Labute approximate surface area is 222 Å². The molecule has 1 fully saturated rings. The van der Waals surface area contributed by atoms with Gasteiger partial charge in [0.25, 0.3) is 0 Å². The minimum Gasteiger partial charge on any atom is -0.457 e. The van der Waals surface area contributed by atoms with Crippen LogP contribution >= 0.6 is 0 Å². The Bertz CT molecular complexity index is 1710. The average Bonchev–Trinajstić information content (AvgIpc) is 3.44. The Morgan fingerprint density at radius 3 is 2.74 bits per heavy atom. The first-order valence-electron chi connectivity index (χ1n) is 12.3. The van der Waals surface area contributed by atoms with Gasteiger partial charge in [-0.1, -0.05) is 6.58 Å². The van der Waals surface area contributed by atoms with Crippen molar-refractivity contribution in [1.29, 1.82) is 0 Å². The van der Waals surface area contributed by atoms with Gasteiger partial charge in [-0.15, -0.1) is 0 Å². The fraction of sp³-hybridized carbons (Fsp3) is 0.185. The predicted molar refractivity (Wildman–Crippen MR) is 144 cm³/mol. The molecular weight excluding hydrogens is 501 g/mol. The molecule has 196 valence electrons. The summed E-state index contributed by atoms with van der Waals surface area (Å²) in [6.45, 7) is 7.62. The van der Waals surface area contributed by atoms with E-state index in [2.05, 4.69) is 36.8 Å². The minimum atomic E-state index is -0.470. The van der Waals surface area contributed by atoms with E-state index in [1.165, 1.54) is 18.7 Å². The van der Waals surface area contributed by atoms with Crippen molar-refractivity contribution in [1.82, 2.24) is 34.4 Å². The molecule has 1 saturated heterocycles. The van der Waals surface area contributed by atoms with Gasteiger partial charge in [0.15, 0.2) is 17.3 Å². The SMILES string of the molecule is C=CC(=O)N1CCN(c2ccc3ncnc(Nc4ccc(Oc5ccn6ncnc6c5)c(C)c4F)c3n2)CC1. The number of nitrogens with zero attached hydrogens (tertiary/aromatic N) is 8. The second-order valence-corrected chi connectivity index (χ2v) is 8.98.